The zero-order valence-corrected chi connectivity index (χ0v) is 13.6. The number of nitrogens with zero attached hydrogens (tertiary/aromatic N) is 3. The van der Waals surface area contributed by atoms with Crippen molar-refractivity contribution in [2.45, 2.75) is 6.92 Å². The molecule has 0 radical (unpaired) electrons. The van der Waals surface area contributed by atoms with E-state index >= 15 is 0 Å². The van der Waals surface area contributed by atoms with E-state index in [0.29, 0.717) is 0 Å². The molecule has 1 aromatic carbocycles. The van der Waals surface area contributed by atoms with Crippen LogP contribution in [0.4, 0.5) is 0 Å². The Bertz CT molecular complexity index is 355. The predicted molar refractivity (Wildman–Crippen MR) is 81.2 cm³/mol. The van der Waals surface area contributed by atoms with Crippen molar-refractivity contribution in [2.75, 3.05) is 42.3 Å². The van der Waals surface area contributed by atoms with Crippen molar-refractivity contribution in [1.82, 2.24) is 14.0 Å². The summed E-state index contributed by atoms with van der Waals surface area (Å²) < 4.78 is 12.9. The summed E-state index contributed by atoms with van der Waals surface area (Å²) in [5.41, 5.74) is 1.24. The number of hydrogen-bond acceptors (Lipinski definition) is 4. The van der Waals surface area contributed by atoms with Crippen molar-refractivity contribution >= 4 is 7.94 Å². The maximum absolute atomic E-state index is 6.36. The molecule has 0 heterocycles. The molecule has 0 aromatic heterocycles. The van der Waals surface area contributed by atoms with Gasteiger partial charge in [-0.25, -0.2) is 0 Å². The minimum absolute atomic E-state index is 0.920. The van der Waals surface area contributed by atoms with Gasteiger partial charge in [0, 0.05) is 0 Å². The third-order valence-electron chi connectivity index (χ3n) is 3.02. The van der Waals surface area contributed by atoms with Gasteiger partial charge in [0.05, 0.1) is 0 Å². The van der Waals surface area contributed by atoms with E-state index in [9.17, 15) is 0 Å². The Kier molecular flexibility index (Phi) is 5.11. The first kappa shape index (κ1) is 15.4. The van der Waals surface area contributed by atoms with E-state index in [-0.39, 0.29) is 0 Å². The quantitative estimate of drug-likeness (QED) is 0.766. The monoisotopic (exact) mass is 271 g/mol. The SMILES string of the molecule is Cc1ccc(O[PH](N(C)C)(N(C)C)N(C)C)cc1. The summed E-state index contributed by atoms with van der Waals surface area (Å²) in [6, 6.07) is 8.23. The summed E-state index contributed by atoms with van der Waals surface area (Å²) in [7, 11) is 10.1. The standard InChI is InChI=1S/C13H26N3OP/c1-12-8-10-13(11-9-12)17-18(14(2)3,15(4)5)16(6)7/h8-11,18H,1-7H3. The topological polar surface area (TPSA) is 19.0 Å². The normalized spacial score (nSPS) is 13.4. The van der Waals surface area contributed by atoms with E-state index in [0.717, 1.165) is 5.75 Å². The molecule has 5 heteroatoms. The van der Waals surface area contributed by atoms with Gasteiger partial charge in [-0.05, 0) is 0 Å². The van der Waals surface area contributed by atoms with Crippen LogP contribution in [0.5, 0.6) is 5.75 Å². The Labute approximate surface area is 112 Å². The first-order chi connectivity index (χ1) is 8.30. The average Bonchev–Trinajstić information content (AvgIpc) is 2.26. The molecule has 0 fully saturated rings. The van der Waals surface area contributed by atoms with Gasteiger partial charge in [0.2, 0.25) is 0 Å². The van der Waals surface area contributed by atoms with Gasteiger partial charge in [-0.1, -0.05) is 0 Å². The zero-order valence-electron chi connectivity index (χ0n) is 12.6. The van der Waals surface area contributed by atoms with Crippen molar-refractivity contribution in [1.29, 1.82) is 0 Å². The van der Waals surface area contributed by atoms with Gasteiger partial charge >= 0.3 is 111 Å². The van der Waals surface area contributed by atoms with Crippen LogP contribution in [0.1, 0.15) is 5.56 Å². The molecule has 0 saturated carbocycles. The molecule has 0 aliphatic heterocycles. The molecule has 0 amide bonds. The van der Waals surface area contributed by atoms with Crippen molar-refractivity contribution in [2.24, 2.45) is 0 Å². The van der Waals surface area contributed by atoms with Gasteiger partial charge in [0.1, 0.15) is 0 Å². The second-order valence-corrected chi connectivity index (χ2v) is 9.21. The van der Waals surface area contributed by atoms with Gasteiger partial charge in [-0.3, -0.25) is 0 Å². The van der Waals surface area contributed by atoms with Crippen LogP contribution >= 0.6 is 7.94 Å². The molecule has 1 rings (SSSR count). The first-order valence-electron chi connectivity index (χ1n) is 6.08. The summed E-state index contributed by atoms with van der Waals surface area (Å²) in [5, 5.41) is 0. The molecule has 104 valence electrons. The van der Waals surface area contributed by atoms with Crippen molar-refractivity contribution in [3.8, 4) is 5.75 Å². The van der Waals surface area contributed by atoms with E-state index in [1.54, 1.807) is 0 Å². The van der Waals surface area contributed by atoms with E-state index in [4.69, 9.17) is 4.52 Å². The Morgan fingerprint density at radius 1 is 0.778 bits per heavy atom. The van der Waals surface area contributed by atoms with Gasteiger partial charge < -0.3 is 0 Å². The maximum atomic E-state index is 6.36. The molecule has 0 N–H and O–H groups in total. The molecule has 0 aliphatic carbocycles. The second-order valence-electron chi connectivity index (χ2n) is 5.17. The van der Waals surface area contributed by atoms with Gasteiger partial charge in [-0.2, -0.15) is 0 Å². The van der Waals surface area contributed by atoms with Crippen molar-refractivity contribution < 1.29 is 4.52 Å². The van der Waals surface area contributed by atoms with Crippen molar-refractivity contribution in [3.05, 3.63) is 29.8 Å². The van der Waals surface area contributed by atoms with Crippen LogP contribution in [0, 0.1) is 6.92 Å². The van der Waals surface area contributed by atoms with E-state index in [2.05, 4.69) is 75.4 Å². The van der Waals surface area contributed by atoms with Crippen LogP contribution in [0.15, 0.2) is 24.3 Å². The third kappa shape index (κ3) is 3.01. The molecule has 0 spiro atoms. The molecule has 18 heavy (non-hydrogen) atoms. The van der Waals surface area contributed by atoms with E-state index < -0.39 is 7.94 Å². The van der Waals surface area contributed by atoms with Crippen LogP contribution in [0.3, 0.4) is 0 Å². The molecule has 0 saturated heterocycles. The first-order valence-corrected chi connectivity index (χ1v) is 7.83. The molecule has 4 nitrogen and oxygen atoms in total. The van der Waals surface area contributed by atoms with Crippen molar-refractivity contribution in [3.63, 3.8) is 0 Å². The molecule has 0 bridgehead atoms. The number of rotatable bonds is 5. The van der Waals surface area contributed by atoms with Gasteiger partial charge in [-0.15, -0.1) is 0 Å². The average molecular weight is 271 g/mol. The summed E-state index contributed by atoms with van der Waals surface area (Å²) in [4.78, 5) is 0. The van der Waals surface area contributed by atoms with Gasteiger partial charge in [0.15, 0.2) is 0 Å². The number of hydrogen-bond donors (Lipinski definition) is 0. The summed E-state index contributed by atoms with van der Waals surface area (Å²) in [6.45, 7) is 2.08. The summed E-state index contributed by atoms with van der Waals surface area (Å²) in [5.74, 6) is 0.920. The predicted octanol–water partition coefficient (Wildman–Crippen LogP) is 2.47. The van der Waals surface area contributed by atoms with Crippen LogP contribution in [-0.4, -0.2) is 56.3 Å². The van der Waals surface area contributed by atoms with Crippen LogP contribution in [0.25, 0.3) is 0 Å². The molecule has 0 aliphatic rings. The Hall–Kier alpha value is -0.670. The Balaban J connectivity index is 3.08. The van der Waals surface area contributed by atoms with Crippen LogP contribution in [0.2, 0.25) is 0 Å². The zero-order chi connectivity index (χ0) is 13.9. The van der Waals surface area contributed by atoms with Gasteiger partial charge in [0.25, 0.3) is 0 Å². The number of aryl methyl sites for hydroxylation is 1. The van der Waals surface area contributed by atoms with Crippen LogP contribution < -0.4 is 4.52 Å². The van der Waals surface area contributed by atoms with Crippen LogP contribution in [-0.2, 0) is 0 Å². The summed E-state index contributed by atoms with van der Waals surface area (Å²) in [6.07, 6.45) is 0. The minimum atomic E-state index is -2.29. The fourth-order valence-corrected chi connectivity index (χ4v) is 5.64. The number of benzene rings is 1. The molecule has 0 atom stereocenters. The molecule has 1 aromatic rings. The Morgan fingerprint density at radius 3 is 1.50 bits per heavy atom. The fraction of sp³-hybridized carbons (Fsp3) is 0.538. The third-order valence-corrected chi connectivity index (χ3v) is 7.03. The molecular weight excluding hydrogens is 245 g/mol. The summed E-state index contributed by atoms with van der Waals surface area (Å²) >= 11 is 0. The molecule has 0 unspecified atom stereocenters. The Morgan fingerprint density at radius 2 is 1.17 bits per heavy atom. The fourth-order valence-electron chi connectivity index (χ4n) is 2.24. The second kappa shape index (κ2) is 5.98. The van der Waals surface area contributed by atoms with E-state index in [1.165, 1.54) is 5.56 Å². The molecular formula is C13H26N3OP. The van der Waals surface area contributed by atoms with E-state index in [1.807, 2.05) is 12.1 Å².